The van der Waals surface area contributed by atoms with E-state index in [0.717, 1.165) is 37.3 Å². The molecular weight excluding hydrogens is 332 g/mol. The van der Waals surface area contributed by atoms with Crippen LogP contribution < -0.4 is 5.32 Å². The number of nitrogens with zero attached hydrogens (tertiary/aromatic N) is 1. The number of ether oxygens (including phenoxy) is 1. The molecule has 1 N–H and O–H groups in total. The van der Waals surface area contributed by atoms with Gasteiger partial charge in [0.05, 0.1) is 13.2 Å². The van der Waals surface area contributed by atoms with Crippen molar-refractivity contribution in [3.05, 3.63) is 34.3 Å². The number of nitrogens with one attached hydrogen (secondary N) is 1. The third-order valence-corrected chi connectivity index (χ3v) is 3.45. The highest BCUT2D eigenvalue weighted by atomic mass is 79.9. The highest BCUT2D eigenvalue weighted by Crippen LogP contribution is 2.10. The van der Waals surface area contributed by atoms with Gasteiger partial charge in [-0.1, -0.05) is 15.9 Å². The van der Waals surface area contributed by atoms with Crippen molar-refractivity contribution in [2.75, 3.05) is 39.4 Å². The fourth-order valence-corrected chi connectivity index (χ4v) is 2.12. The number of halogens is 2. The molecule has 4 nitrogen and oxygen atoms in total. The number of rotatable bonds is 4. The maximum Gasteiger partial charge on any atom is 0.251 e. The van der Waals surface area contributed by atoms with Gasteiger partial charge in [-0.25, -0.2) is 0 Å². The lowest BCUT2D eigenvalue weighted by molar-refractivity contribution is 0.0383. The third kappa shape index (κ3) is 5.48. The van der Waals surface area contributed by atoms with Crippen LogP contribution in [0, 0.1) is 0 Å². The van der Waals surface area contributed by atoms with Gasteiger partial charge in [-0.2, -0.15) is 0 Å². The molecule has 0 aliphatic carbocycles. The van der Waals surface area contributed by atoms with Crippen molar-refractivity contribution in [1.29, 1.82) is 0 Å². The first kappa shape index (κ1) is 16.4. The number of benzene rings is 1. The summed E-state index contributed by atoms with van der Waals surface area (Å²) >= 11 is 3.35. The van der Waals surface area contributed by atoms with Crippen LogP contribution in [0.5, 0.6) is 0 Å². The van der Waals surface area contributed by atoms with Crippen LogP contribution in [0.2, 0.25) is 0 Å². The molecule has 0 spiro atoms. The minimum Gasteiger partial charge on any atom is -0.379 e. The van der Waals surface area contributed by atoms with Gasteiger partial charge in [-0.05, 0) is 24.3 Å². The summed E-state index contributed by atoms with van der Waals surface area (Å²) in [6.07, 6.45) is 0. The van der Waals surface area contributed by atoms with Gasteiger partial charge >= 0.3 is 0 Å². The highest BCUT2D eigenvalue weighted by molar-refractivity contribution is 9.10. The second kappa shape index (κ2) is 8.53. The first-order valence-electron chi connectivity index (χ1n) is 6.09. The summed E-state index contributed by atoms with van der Waals surface area (Å²) in [5.41, 5.74) is 0.695. The topological polar surface area (TPSA) is 41.6 Å². The minimum absolute atomic E-state index is 0. The van der Waals surface area contributed by atoms with Crippen molar-refractivity contribution in [2.45, 2.75) is 0 Å². The number of hydrogen-bond acceptors (Lipinski definition) is 3. The molecule has 1 aliphatic heterocycles. The molecule has 1 aliphatic rings. The van der Waals surface area contributed by atoms with Gasteiger partial charge in [0, 0.05) is 36.2 Å². The molecule has 0 aromatic heterocycles. The smallest absolute Gasteiger partial charge is 0.251 e. The van der Waals surface area contributed by atoms with Crippen LogP contribution in [-0.4, -0.2) is 50.2 Å². The third-order valence-electron chi connectivity index (χ3n) is 2.92. The molecule has 0 unspecified atom stereocenters. The van der Waals surface area contributed by atoms with Crippen LogP contribution in [0.1, 0.15) is 10.4 Å². The van der Waals surface area contributed by atoms with E-state index >= 15 is 0 Å². The van der Waals surface area contributed by atoms with Gasteiger partial charge < -0.3 is 10.1 Å². The van der Waals surface area contributed by atoms with Gasteiger partial charge in [-0.3, -0.25) is 9.69 Å². The van der Waals surface area contributed by atoms with Crippen LogP contribution in [0.15, 0.2) is 28.7 Å². The largest absolute Gasteiger partial charge is 0.379 e. The van der Waals surface area contributed by atoms with E-state index in [4.69, 9.17) is 4.74 Å². The lowest BCUT2D eigenvalue weighted by Crippen LogP contribution is -2.41. The van der Waals surface area contributed by atoms with E-state index in [9.17, 15) is 4.79 Å². The fourth-order valence-electron chi connectivity index (χ4n) is 1.86. The lowest BCUT2D eigenvalue weighted by atomic mass is 10.2. The summed E-state index contributed by atoms with van der Waals surface area (Å²) in [5.74, 6) is -0.0178. The quantitative estimate of drug-likeness (QED) is 0.903. The molecule has 19 heavy (non-hydrogen) atoms. The predicted octanol–water partition coefficient (Wildman–Crippen LogP) is 1.93. The van der Waals surface area contributed by atoms with Gasteiger partial charge in [0.1, 0.15) is 0 Å². The molecule has 1 saturated heterocycles. The average molecular weight is 350 g/mol. The van der Waals surface area contributed by atoms with E-state index in [1.54, 1.807) is 0 Å². The minimum atomic E-state index is -0.0178. The first-order valence-corrected chi connectivity index (χ1v) is 6.89. The zero-order valence-corrected chi connectivity index (χ0v) is 13.0. The highest BCUT2D eigenvalue weighted by Gasteiger charge is 2.10. The maximum absolute atomic E-state index is 11.8. The summed E-state index contributed by atoms with van der Waals surface area (Å²) in [5, 5.41) is 2.93. The summed E-state index contributed by atoms with van der Waals surface area (Å²) in [6, 6.07) is 7.37. The summed E-state index contributed by atoms with van der Waals surface area (Å²) < 4.78 is 6.25. The van der Waals surface area contributed by atoms with Gasteiger partial charge in [0.15, 0.2) is 0 Å². The Bertz CT molecular complexity index is 394. The molecule has 2 rings (SSSR count). The monoisotopic (exact) mass is 348 g/mol. The normalized spacial score (nSPS) is 15.6. The van der Waals surface area contributed by atoms with Crippen LogP contribution in [0.3, 0.4) is 0 Å². The molecule has 1 aromatic carbocycles. The lowest BCUT2D eigenvalue weighted by Gasteiger charge is -2.26. The Morgan fingerprint density at radius 1 is 1.26 bits per heavy atom. The zero-order valence-electron chi connectivity index (χ0n) is 10.6. The maximum atomic E-state index is 11.8. The molecule has 1 fully saturated rings. The van der Waals surface area contributed by atoms with Gasteiger partial charge in [-0.15, -0.1) is 12.4 Å². The van der Waals surface area contributed by atoms with Crippen LogP contribution in [0.4, 0.5) is 0 Å². The Kier molecular flexibility index (Phi) is 7.38. The molecule has 0 radical (unpaired) electrons. The van der Waals surface area contributed by atoms with Crippen LogP contribution in [0.25, 0.3) is 0 Å². The van der Waals surface area contributed by atoms with Crippen molar-refractivity contribution in [1.82, 2.24) is 10.2 Å². The predicted molar refractivity (Wildman–Crippen MR) is 81.0 cm³/mol. The molecular formula is C13H18BrClN2O2. The molecule has 6 heteroatoms. The summed E-state index contributed by atoms with van der Waals surface area (Å²) in [4.78, 5) is 14.1. The van der Waals surface area contributed by atoms with E-state index in [0.29, 0.717) is 12.1 Å². The second-order valence-electron chi connectivity index (χ2n) is 4.22. The average Bonchev–Trinajstić information content (AvgIpc) is 2.40. The van der Waals surface area contributed by atoms with E-state index in [2.05, 4.69) is 26.1 Å². The molecule has 0 atom stereocenters. The van der Waals surface area contributed by atoms with Gasteiger partial charge in [0.25, 0.3) is 5.91 Å². The Hall–Kier alpha value is -0.620. The summed E-state index contributed by atoms with van der Waals surface area (Å²) in [7, 11) is 0. The Morgan fingerprint density at radius 3 is 2.53 bits per heavy atom. The Labute approximate surface area is 128 Å². The number of amides is 1. The van der Waals surface area contributed by atoms with E-state index < -0.39 is 0 Å². The second-order valence-corrected chi connectivity index (χ2v) is 5.13. The zero-order chi connectivity index (χ0) is 12.8. The number of hydrogen-bond donors (Lipinski definition) is 1. The number of carbonyl (C=O) groups excluding carboxylic acids is 1. The standard InChI is InChI=1S/C13H17BrN2O2.ClH/c14-12-3-1-11(2-4-12)13(17)15-5-6-16-7-9-18-10-8-16;/h1-4H,5-10H2,(H,15,17);1H. The molecule has 1 heterocycles. The van der Waals surface area contributed by atoms with Gasteiger partial charge in [0.2, 0.25) is 0 Å². The van der Waals surface area contributed by atoms with E-state index in [1.807, 2.05) is 24.3 Å². The molecule has 0 saturated carbocycles. The molecule has 106 valence electrons. The Morgan fingerprint density at radius 2 is 1.89 bits per heavy atom. The van der Waals surface area contributed by atoms with Crippen molar-refractivity contribution >= 4 is 34.2 Å². The molecule has 1 aromatic rings. The Balaban J connectivity index is 0.00000180. The fraction of sp³-hybridized carbons (Fsp3) is 0.462. The van der Waals surface area contributed by atoms with Crippen molar-refractivity contribution < 1.29 is 9.53 Å². The van der Waals surface area contributed by atoms with Crippen molar-refractivity contribution in [3.63, 3.8) is 0 Å². The van der Waals surface area contributed by atoms with E-state index in [1.165, 1.54) is 0 Å². The summed E-state index contributed by atoms with van der Waals surface area (Å²) in [6.45, 7) is 5.05. The van der Waals surface area contributed by atoms with E-state index in [-0.39, 0.29) is 18.3 Å². The number of morpholine rings is 1. The first-order chi connectivity index (χ1) is 8.75. The SMILES string of the molecule is Cl.O=C(NCCN1CCOCC1)c1ccc(Br)cc1. The van der Waals surface area contributed by atoms with Crippen molar-refractivity contribution in [3.8, 4) is 0 Å². The number of carbonyl (C=O) groups is 1. The molecule has 0 bridgehead atoms. The van der Waals surface area contributed by atoms with Crippen molar-refractivity contribution in [2.24, 2.45) is 0 Å². The molecule has 1 amide bonds. The van der Waals surface area contributed by atoms with Crippen LogP contribution in [-0.2, 0) is 4.74 Å². The van der Waals surface area contributed by atoms with Crippen LogP contribution >= 0.6 is 28.3 Å².